The molecule has 2 N–H and O–H groups in total. The Morgan fingerprint density at radius 1 is 1.26 bits per heavy atom. The molecule has 0 bridgehead atoms. The Morgan fingerprint density at radius 3 is 2.58 bits per heavy atom. The van der Waals surface area contributed by atoms with Crippen LogP contribution in [-0.2, 0) is 6.54 Å². The molecule has 2 aliphatic rings. The number of piperidine rings is 1. The van der Waals surface area contributed by atoms with Crippen LogP contribution in [0.1, 0.15) is 32.3 Å². The van der Waals surface area contributed by atoms with Crippen LogP contribution in [0.2, 0.25) is 0 Å². The molecule has 1 aromatic rings. The second kappa shape index (κ2) is 4.92. The van der Waals surface area contributed by atoms with Crippen molar-refractivity contribution >= 4 is 0 Å². The Kier molecular flexibility index (Phi) is 3.40. The van der Waals surface area contributed by atoms with Crippen LogP contribution >= 0.6 is 0 Å². The number of nitrogens with zero attached hydrogens (tertiary/aromatic N) is 1. The topological polar surface area (TPSA) is 29.3 Å². The molecule has 1 aliphatic carbocycles. The molecule has 0 aromatic heterocycles. The van der Waals surface area contributed by atoms with E-state index in [1.807, 2.05) is 0 Å². The summed E-state index contributed by atoms with van der Waals surface area (Å²) in [6, 6.07) is 11.3. The predicted molar refractivity (Wildman–Crippen MR) is 79.7 cm³/mol. The molecule has 2 fully saturated rings. The van der Waals surface area contributed by atoms with Gasteiger partial charge in [0.15, 0.2) is 0 Å². The van der Waals surface area contributed by atoms with E-state index in [0.29, 0.717) is 11.5 Å². The molecule has 2 nitrogen and oxygen atoms in total. The lowest BCUT2D eigenvalue weighted by atomic mass is 9.89. The number of benzene rings is 1. The summed E-state index contributed by atoms with van der Waals surface area (Å²) in [6.45, 7) is 8.24. The largest absolute Gasteiger partial charge is 0.327 e. The molecule has 1 heterocycles. The summed E-state index contributed by atoms with van der Waals surface area (Å²) in [4.78, 5) is 2.62. The van der Waals surface area contributed by atoms with Gasteiger partial charge in [-0.3, -0.25) is 4.90 Å². The minimum absolute atomic E-state index is 0.375. The summed E-state index contributed by atoms with van der Waals surface area (Å²) in [5, 5.41) is 0. The third kappa shape index (κ3) is 2.56. The van der Waals surface area contributed by atoms with E-state index in [1.165, 1.54) is 31.5 Å². The third-order valence-corrected chi connectivity index (χ3v) is 5.29. The van der Waals surface area contributed by atoms with Crippen molar-refractivity contribution in [2.24, 2.45) is 23.0 Å². The Balaban J connectivity index is 1.60. The Labute approximate surface area is 117 Å². The molecule has 1 aliphatic heterocycles. The van der Waals surface area contributed by atoms with Gasteiger partial charge in [0, 0.05) is 19.1 Å². The molecule has 1 saturated heterocycles. The normalized spacial score (nSPS) is 34.2. The monoisotopic (exact) mass is 258 g/mol. The SMILES string of the molecule is CC1(C)[C@H](N)[C@H]1C1CCCN(Cc2ccccc2)C1. The van der Waals surface area contributed by atoms with Crippen molar-refractivity contribution in [3.63, 3.8) is 0 Å². The average Bonchev–Trinajstić information content (AvgIpc) is 2.90. The fourth-order valence-corrected chi connectivity index (χ4v) is 3.99. The summed E-state index contributed by atoms with van der Waals surface area (Å²) in [5.41, 5.74) is 8.06. The fourth-order valence-electron chi connectivity index (χ4n) is 3.99. The van der Waals surface area contributed by atoms with Gasteiger partial charge in [0.2, 0.25) is 0 Å². The van der Waals surface area contributed by atoms with E-state index < -0.39 is 0 Å². The van der Waals surface area contributed by atoms with E-state index in [1.54, 1.807) is 0 Å². The molecule has 104 valence electrons. The van der Waals surface area contributed by atoms with Gasteiger partial charge in [-0.15, -0.1) is 0 Å². The highest BCUT2D eigenvalue weighted by atomic mass is 15.1. The highest BCUT2D eigenvalue weighted by Crippen LogP contribution is 2.56. The first-order valence-corrected chi connectivity index (χ1v) is 7.61. The quantitative estimate of drug-likeness (QED) is 0.903. The van der Waals surface area contributed by atoms with Crippen molar-refractivity contribution in [2.45, 2.75) is 39.3 Å². The fraction of sp³-hybridized carbons (Fsp3) is 0.647. The first-order valence-electron chi connectivity index (χ1n) is 7.61. The molecule has 0 amide bonds. The molecule has 3 rings (SSSR count). The predicted octanol–water partition coefficient (Wildman–Crippen LogP) is 2.88. The van der Waals surface area contributed by atoms with Gasteiger partial charge in [-0.25, -0.2) is 0 Å². The molecule has 1 unspecified atom stereocenters. The maximum Gasteiger partial charge on any atom is 0.0233 e. The van der Waals surface area contributed by atoms with Gasteiger partial charge in [0.05, 0.1) is 0 Å². The number of hydrogen-bond acceptors (Lipinski definition) is 2. The van der Waals surface area contributed by atoms with Crippen molar-refractivity contribution in [3.05, 3.63) is 35.9 Å². The van der Waals surface area contributed by atoms with Crippen LogP contribution in [0.4, 0.5) is 0 Å². The number of nitrogens with two attached hydrogens (primary N) is 1. The summed E-state index contributed by atoms with van der Waals surface area (Å²) >= 11 is 0. The minimum atomic E-state index is 0.375. The molecule has 2 heteroatoms. The third-order valence-electron chi connectivity index (χ3n) is 5.29. The standard InChI is InChI=1S/C17H26N2/c1-17(2)15(16(17)18)14-9-6-10-19(12-14)11-13-7-4-3-5-8-13/h3-5,7-8,14-16H,6,9-12,18H2,1-2H3/t14?,15-,16-/m1/s1. The van der Waals surface area contributed by atoms with Gasteiger partial charge in [-0.2, -0.15) is 0 Å². The zero-order valence-electron chi connectivity index (χ0n) is 12.2. The van der Waals surface area contributed by atoms with E-state index in [-0.39, 0.29) is 0 Å². The number of hydrogen-bond donors (Lipinski definition) is 1. The van der Waals surface area contributed by atoms with Crippen molar-refractivity contribution in [2.75, 3.05) is 13.1 Å². The van der Waals surface area contributed by atoms with Gasteiger partial charge >= 0.3 is 0 Å². The second-order valence-electron chi connectivity index (χ2n) is 7.00. The van der Waals surface area contributed by atoms with Crippen LogP contribution in [0, 0.1) is 17.3 Å². The first kappa shape index (κ1) is 13.1. The van der Waals surface area contributed by atoms with Crippen LogP contribution < -0.4 is 5.73 Å². The number of rotatable bonds is 3. The Bertz CT molecular complexity index is 426. The molecule has 19 heavy (non-hydrogen) atoms. The molecule has 1 aromatic carbocycles. The van der Waals surface area contributed by atoms with Gasteiger partial charge in [-0.05, 0) is 42.2 Å². The minimum Gasteiger partial charge on any atom is -0.327 e. The lowest BCUT2D eigenvalue weighted by Gasteiger charge is -2.33. The highest BCUT2D eigenvalue weighted by Gasteiger charge is 2.58. The lowest BCUT2D eigenvalue weighted by molar-refractivity contribution is 0.145. The van der Waals surface area contributed by atoms with E-state index in [2.05, 4.69) is 49.1 Å². The second-order valence-corrected chi connectivity index (χ2v) is 7.00. The van der Waals surface area contributed by atoms with Gasteiger partial charge in [-0.1, -0.05) is 44.2 Å². The number of likely N-dealkylation sites (tertiary alicyclic amines) is 1. The lowest BCUT2D eigenvalue weighted by Crippen LogP contribution is -2.36. The molecule has 1 saturated carbocycles. The van der Waals surface area contributed by atoms with E-state index in [9.17, 15) is 0 Å². The van der Waals surface area contributed by atoms with Crippen molar-refractivity contribution in [3.8, 4) is 0 Å². The first-order chi connectivity index (χ1) is 9.09. The van der Waals surface area contributed by atoms with Crippen molar-refractivity contribution in [1.82, 2.24) is 4.90 Å². The van der Waals surface area contributed by atoms with E-state index in [0.717, 1.165) is 18.4 Å². The van der Waals surface area contributed by atoms with Crippen LogP contribution in [0.3, 0.4) is 0 Å². The van der Waals surface area contributed by atoms with Crippen LogP contribution in [-0.4, -0.2) is 24.0 Å². The van der Waals surface area contributed by atoms with Crippen LogP contribution in [0.5, 0.6) is 0 Å². The maximum atomic E-state index is 6.25. The summed E-state index contributed by atoms with van der Waals surface area (Å²) in [7, 11) is 0. The smallest absolute Gasteiger partial charge is 0.0233 e. The average molecular weight is 258 g/mol. The van der Waals surface area contributed by atoms with E-state index >= 15 is 0 Å². The Morgan fingerprint density at radius 2 is 1.95 bits per heavy atom. The summed E-state index contributed by atoms with van der Waals surface area (Å²) in [6.07, 6.45) is 2.70. The molecular formula is C17H26N2. The maximum absolute atomic E-state index is 6.25. The van der Waals surface area contributed by atoms with Gasteiger partial charge in [0.25, 0.3) is 0 Å². The molecule has 0 spiro atoms. The zero-order valence-corrected chi connectivity index (χ0v) is 12.2. The molecular weight excluding hydrogens is 232 g/mol. The van der Waals surface area contributed by atoms with Crippen LogP contribution in [0.25, 0.3) is 0 Å². The van der Waals surface area contributed by atoms with Gasteiger partial charge in [0.1, 0.15) is 0 Å². The van der Waals surface area contributed by atoms with Crippen molar-refractivity contribution in [1.29, 1.82) is 0 Å². The van der Waals surface area contributed by atoms with Crippen LogP contribution in [0.15, 0.2) is 30.3 Å². The zero-order chi connectivity index (χ0) is 13.5. The summed E-state index contributed by atoms with van der Waals surface area (Å²) < 4.78 is 0. The summed E-state index contributed by atoms with van der Waals surface area (Å²) in [5.74, 6) is 1.55. The van der Waals surface area contributed by atoms with Crippen molar-refractivity contribution < 1.29 is 0 Å². The molecule has 3 atom stereocenters. The van der Waals surface area contributed by atoms with E-state index in [4.69, 9.17) is 5.73 Å². The highest BCUT2D eigenvalue weighted by molar-refractivity contribution is 5.15. The molecule has 0 radical (unpaired) electrons. The van der Waals surface area contributed by atoms with Gasteiger partial charge < -0.3 is 5.73 Å². The Hall–Kier alpha value is -0.860.